The van der Waals surface area contributed by atoms with E-state index in [1.165, 1.54) is 9.71 Å². The molecule has 5 rings (SSSR count). The highest BCUT2D eigenvalue weighted by molar-refractivity contribution is 7.18. The molecule has 6 heteroatoms. The van der Waals surface area contributed by atoms with Crippen molar-refractivity contribution < 1.29 is 0 Å². The lowest BCUT2D eigenvalue weighted by molar-refractivity contribution is 0.196. The predicted molar refractivity (Wildman–Crippen MR) is 114 cm³/mol. The number of fused-ring (bicyclic) bond motifs is 2. The Hall–Kier alpha value is -2.57. The molecule has 0 saturated carbocycles. The molecule has 0 bridgehead atoms. The van der Waals surface area contributed by atoms with Crippen LogP contribution in [0.1, 0.15) is 35.2 Å². The minimum atomic E-state index is -0.0524. The Morgan fingerprint density at radius 3 is 2.96 bits per heavy atom. The minimum absolute atomic E-state index is 0.0524. The molecule has 3 heterocycles. The van der Waals surface area contributed by atoms with Crippen LogP contribution in [0.4, 0.5) is 0 Å². The summed E-state index contributed by atoms with van der Waals surface area (Å²) in [4.78, 5) is 27.4. The zero-order valence-corrected chi connectivity index (χ0v) is 16.6. The van der Waals surface area contributed by atoms with Gasteiger partial charge in [-0.25, -0.2) is 9.97 Å². The van der Waals surface area contributed by atoms with Crippen molar-refractivity contribution in [1.82, 2.24) is 19.9 Å². The average molecular weight is 391 g/mol. The molecule has 5 nitrogen and oxygen atoms in total. The monoisotopic (exact) mass is 390 g/mol. The zero-order valence-electron chi connectivity index (χ0n) is 15.8. The summed E-state index contributed by atoms with van der Waals surface area (Å²) < 4.78 is 1.26. The van der Waals surface area contributed by atoms with Gasteiger partial charge in [0.1, 0.15) is 5.82 Å². The quantitative estimate of drug-likeness (QED) is 0.569. The SMILES string of the molecule is Cc1cccc2c(=O)[nH]c(CN3CCC[C@@H](c4nc5ccccc5s4)C3)nc12. The van der Waals surface area contributed by atoms with E-state index in [1.807, 2.05) is 42.5 Å². The molecular weight excluding hydrogens is 368 g/mol. The molecular formula is C22H22N4OS. The van der Waals surface area contributed by atoms with E-state index in [0.717, 1.165) is 48.4 Å². The number of thiazole rings is 1. The first-order chi connectivity index (χ1) is 13.7. The first kappa shape index (κ1) is 17.5. The number of hydrogen-bond donors (Lipinski definition) is 1. The van der Waals surface area contributed by atoms with Gasteiger partial charge in [0, 0.05) is 12.5 Å². The fourth-order valence-corrected chi connectivity index (χ4v) is 5.20. The second kappa shape index (κ2) is 7.11. The zero-order chi connectivity index (χ0) is 19.1. The maximum atomic E-state index is 12.5. The van der Waals surface area contributed by atoms with Gasteiger partial charge in [-0.15, -0.1) is 11.3 Å². The molecule has 0 spiro atoms. The van der Waals surface area contributed by atoms with E-state index in [1.54, 1.807) is 0 Å². The van der Waals surface area contributed by atoms with E-state index in [0.29, 0.717) is 17.8 Å². The number of likely N-dealkylation sites (tertiary alicyclic amines) is 1. The van der Waals surface area contributed by atoms with Gasteiger partial charge in [-0.2, -0.15) is 0 Å². The van der Waals surface area contributed by atoms with Crippen LogP contribution in [-0.2, 0) is 6.54 Å². The maximum Gasteiger partial charge on any atom is 0.258 e. The fourth-order valence-electron chi connectivity index (χ4n) is 4.10. The van der Waals surface area contributed by atoms with E-state index in [-0.39, 0.29) is 5.56 Å². The van der Waals surface area contributed by atoms with Gasteiger partial charge in [-0.1, -0.05) is 24.3 Å². The predicted octanol–water partition coefficient (Wildman–Crippen LogP) is 4.22. The van der Waals surface area contributed by atoms with E-state index in [9.17, 15) is 4.79 Å². The van der Waals surface area contributed by atoms with Crippen LogP contribution in [0.25, 0.3) is 21.1 Å². The standard InChI is InChI=1S/C22H22N4OS/c1-14-6-4-8-16-20(14)24-19(25-21(16)27)13-26-11-5-7-15(12-26)22-23-17-9-2-3-10-18(17)28-22/h2-4,6,8-10,15H,5,7,11-13H2,1H3,(H,24,25,27)/t15-/m1/s1. The molecule has 1 N–H and O–H groups in total. The molecule has 1 aliphatic rings. The second-order valence-corrected chi connectivity index (χ2v) is 8.64. The van der Waals surface area contributed by atoms with Gasteiger partial charge in [0.2, 0.25) is 0 Å². The van der Waals surface area contributed by atoms with Crippen LogP contribution < -0.4 is 5.56 Å². The van der Waals surface area contributed by atoms with Crippen molar-refractivity contribution in [2.24, 2.45) is 0 Å². The van der Waals surface area contributed by atoms with Gasteiger partial charge in [0.25, 0.3) is 5.56 Å². The first-order valence-corrected chi connectivity index (χ1v) is 10.6. The third-order valence-corrected chi connectivity index (χ3v) is 6.72. The number of aromatic amines is 1. The van der Waals surface area contributed by atoms with Crippen LogP contribution in [-0.4, -0.2) is 32.9 Å². The van der Waals surface area contributed by atoms with E-state index < -0.39 is 0 Å². The normalized spacial score (nSPS) is 18.1. The van der Waals surface area contributed by atoms with Crippen molar-refractivity contribution in [1.29, 1.82) is 0 Å². The Labute approximate surface area is 167 Å². The van der Waals surface area contributed by atoms with Crippen LogP contribution in [0, 0.1) is 6.92 Å². The molecule has 1 saturated heterocycles. The first-order valence-electron chi connectivity index (χ1n) is 9.74. The lowest BCUT2D eigenvalue weighted by atomic mass is 9.99. The highest BCUT2D eigenvalue weighted by atomic mass is 32.1. The molecule has 4 aromatic rings. The highest BCUT2D eigenvalue weighted by Crippen LogP contribution is 2.33. The fraction of sp³-hybridized carbons (Fsp3) is 0.318. The second-order valence-electron chi connectivity index (χ2n) is 7.58. The lowest BCUT2D eigenvalue weighted by Gasteiger charge is -2.31. The van der Waals surface area contributed by atoms with Gasteiger partial charge in [0.15, 0.2) is 0 Å². The van der Waals surface area contributed by atoms with Gasteiger partial charge < -0.3 is 4.98 Å². The summed E-state index contributed by atoms with van der Waals surface area (Å²) in [5.74, 6) is 1.19. The Bertz CT molecular complexity index is 1180. The number of nitrogens with one attached hydrogen (secondary N) is 1. The number of H-pyrrole nitrogens is 1. The molecule has 1 fully saturated rings. The molecule has 0 radical (unpaired) electrons. The highest BCUT2D eigenvalue weighted by Gasteiger charge is 2.24. The van der Waals surface area contributed by atoms with Gasteiger partial charge in [-0.05, 0) is 50.1 Å². The van der Waals surface area contributed by atoms with Gasteiger partial charge in [0.05, 0.1) is 32.7 Å². The summed E-state index contributed by atoms with van der Waals surface area (Å²) >= 11 is 1.81. The van der Waals surface area contributed by atoms with Crippen molar-refractivity contribution in [2.45, 2.75) is 32.2 Å². The average Bonchev–Trinajstić information content (AvgIpc) is 3.14. The van der Waals surface area contributed by atoms with Crippen molar-refractivity contribution in [3.8, 4) is 0 Å². The Morgan fingerprint density at radius 1 is 1.18 bits per heavy atom. The van der Waals surface area contributed by atoms with Crippen LogP contribution in [0.3, 0.4) is 0 Å². The van der Waals surface area contributed by atoms with Gasteiger partial charge in [-0.3, -0.25) is 9.69 Å². The molecule has 28 heavy (non-hydrogen) atoms. The molecule has 0 unspecified atom stereocenters. The topological polar surface area (TPSA) is 61.9 Å². The number of piperidine rings is 1. The maximum absolute atomic E-state index is 12.5. The van der Waals surface area contributed by atoms with Crippen LogP contribution in [0.2, 0.25) is 0 Å². The van der Waals surface area contributed by atoms with Crippen molar-refractivity contribution >= 4 is 32.5 Å². The van der Waals surface area contributed by atoms with E-state index in [2.05, 4.69) is 28.1 Å². The number of hydrogen-bond acceptors (Lipinski definition) is 5. The molecule has 1 atom stereocenters. The Balaban J connectivity index is 1.39. The minimum Gasteiger partial charge on any atom is -0.309 e. The molecule has 2 aromatic carbocycles. The third-order valence-electron chi connectivity index (χ3n) is 5.53. The number of benzene rings is 2. The summed E-state index contributed by atoms with van der Waals surface area (Å²) in [6.07, 6.45) is 2.30. The summed E-state index contributed by atoms with van der Waals surface area (Å²) in [6.45, 7) is 4.65. The summed E-state index contributed by atoms with van der Waals surface area (Å²) in [6, 6.07) is 14.1. The largest absolute Gasteiger partial charge is 0.309 e. The number of aryl methyl sites for hydroxylation is 1. The number of para-hydroxylation sites is 2. The number of aromatic nitrogens is 3. The van der Waals surface area contributed by atoms with Crippen LogP contribution >= 0.6 is 11.3 Å². The molecule has 2 aromatic heterocycles. The van der Waals surface area contributed by atoms with Gasteiger partial charge >= 0.3 is 0 Å². The van der Waals surface area contributed by atoms with Crippen LogP contribution in [0.5, 0.6) is 0 Å². The lowest BCUT2D eigenvalue weighted by Crippen LogP contribution is -2.35. The molecule has 142 valence electrons. The molecule has 0 amide bonds. The smallest absolute Gasteiger partial charge is 0.258 e. The van der Waals surface area contributed by atoms with E-state index in [4.69, 9.17) is 9.97 Å². The Morgan fingerprint density at radius 2 is 2.07 bits per heavy atom. The number of rotatable bonds is 3. The molecule has 1 aliphatic heterocycles. The Kier molecular flexibility index (Phi) is 4.45. The van der Waals surface area contributed by atoms with Crippen molar-refractivity contribution in [3.63, 3.8) is 0 Å². The number of nitrogens with zero attached hydrogens (tertiary/aromatic N) is 3. The van der Waals surface area contributed by atoms with Crippen molar-refractivity contribution in [2.75, 3.05) is 13.1 Å². The van der Waals surface area contributed by atoms with E-state index >= 15 is 0 Å². The van der Waals surface area contributed by atoms with Crippen molar-refractivity contribution in [3.05, 3.63) is 69.2 Å². The summed E-state index contributed by atoms with van der Waals surface area (Å²) in [5.41, 5.74) is 2.89. The third kappa shape index (κ3) is 3.23. The molecule has 0 aliphatic carbocycles. The summed E-state index contributed by atoms with van der Waals surface area (Å²) in [5, 5.41) is 1.89. The van der Waals surface area contributed by atoms with Crippen LogP contribution in [0.15, 0.2) is 47.3 Å². The summed E-state index contributed by atoms with van der Waals surface area (Å²) in [7, 11) is 0.